The van der Waals surface area contributed by atoms with Gasteiger partial charge in [0.2, 0.25) is 0 Å². The summed E-state index contributed by atoms with van der Waals surface area (Å²) < 4.78 is 0. The van der Waals surface area contributed by atoms with Crippen molar-refractivity contribution in [2.45, 2.75) is 65.1 Å². The molecule has 0 amide bonds. The highest BCUT2D eigenvalue weighted by Crippen LogP contribution is 2.25. The Bertz CT molecular complexity index is 376. The lowest BCUT2D eigenvalue weighted by Crippen LogP contribution is -2.32. The van der Waals surface area contributed by atoms with Gasteiger partial charge in [0.1, 0.15) is 0 Å². The van der Waals surface area contributed by atoms with E-state index in [1.807, 2.05) is 0 Å². The molecule has 1 aromatic rings. The van der Waals surface area contributed by atoms with E-state index >= 15 is 0 Å². The van der Waals surface area contributed by atoms with Crippen LogP contribution in [-0.2, 0) is 6.04 Å². The normalized spacial score (nSPS) is 12.7. The summed E-state index contributed by atoms with van der Waals surface area (Å²) in [7, 11) is -1.27. The van der Waals surface area contributed by atoms with Crippen LogP contribution in [0.4, 0.5) is 0 Å². The third-order valence-electron chi connectivity index (χ3n) is 4.01. The zero-order valence-electron chi connectivity index (χ0n) is 13.2. The molecule has 0 bridgehead atoms. The lowest BCUT2D eigenvalue weighted by Gasteiger charge is -2.26. The number of allylic oxidation sites excluding steroid dienone is 2. The van der Waals surface area contributed by atoms with Crippen LogP contribution in [0.5, 0.6) is 0 Å². The van der Waals surface area contributed by atoms with Crippen molar-refractivity contribution in [3.05, 3.63) is 47.2 Å². The molecule has 0 N–H and O–H groups in total. The van der Waals surface area contributed by atoms with Gasteiger partial charge in [0.25, 0.3) is 0 Å². The van der Waals surface area contributed by atoms with Gasteiger partial charge in [-0.25, -0.2) is 0 Å². The van der Waals surface area contributed by atoms with Gasteiger partial charge in [0.15, 0.2) is 0 Å². The van der Waals surface area contributed by atoms with E-state index in [-0.39, 0.29) is 0 Å². The zero-order chi connectivity index (χ0) is 14.1. The Hall–Kier alpha value is -0.823. The Morgan fingerprint density at radius 2 is 1.74 bits per heavy atom. The molecule has 19 heavy (non-hydrogen) atoms. The second-order valence-corrected chi connectivity index (χ2v) is 10.9. The molecule has 0 aromatic heterocycles. The molecular formula is C18H30Si. The molecule has 0 aliphatic carbocycles. The van der Waals surface area contributed by atoms with Crippen molar-refractivity contribution in [3.8, 4) is 0 Å². The number of rotatable bonds is 8. The summed E-state index contributed by atoms with van der Waals surface area (Å²) in [6, 6.07) is 12.3. The molecule has 0 fully saturated rings. The van der Waals surface area contributed by atoms with E-state index in [0.29, 0.717) is 0 Å². The van der Waals surface area contributed by atoms with Crippen LogP contribution >= 0.6 is 0 Å². The van der Waals surface area contributed by atoms with E-state index < -0.39 is 8.07 Å². The number of hydrogen-bond acceptors (Lipinski definition) is 0. The zero-order valence-corrected chi connectivity index (χ0v) is 14.2. The first-order valence-corrected chi connectivity index (χ1v) is 11.0. The van der Waals surface area contributed by atoms with Crippen LogP contribution < -0.4 is 0 Å². The van der Waals surface area contributed by atoms with Crippen molar-refractivity contribution in [3.63, 3.8) is 0 Å². The Balaban J connectivity index is 2.58. The van der Waals surface area contributed by atoms with Crippen molar-refractivity contribution in [2.75, 3.05) is 0 Å². The first-order valence-electron chi connectivity index (χ1n) is 7.79. The van der Waals surface area contributed by atoms with Crippen LogP contribution in [0.25, 0.3) is 0 Å². The van der Waals surface area contributed by atoms with Gasteiger partial charge in [-0.2, -0.15) is 0 Å². The Morgan fingerprint density at radius 3 is 2.32 bits per heavy atom. The molecule has 0 aliphatic rings. The highest BCUT2D eigenvalue weighted by molar-refractivity contribution is 6.83. The monoisotopic (exact) mass is 274 g/mol. The van der Waals surface area contributed by atoms with E-state index in [2.05, 4.69) is 63.3 Å². The maximum Gasteiger partial charge on any atom is 0.0793 e. The Morgan fingerprint density at radius 1 is 1.05 bits per heavy atom. The summed E-state index contributed by atoms with van der Waals surface area (Å²) in [6.45, 7) is 9.56. The van der Waals surface area contributed by atoms with E-state index in [1.165, 1.54) is 43.7 Å². The van der Waals surface area contributed by atoms with Crippen LogP contribution in [0.1, 0.15) is 51.5 Å². The molecule has 0 aliphatic heterocycles. The van der Waals surface area contributed by atoms with Crippen LogP contribution in [0.2, 0.25) is 13.1 Å². The predicted octanol–water partition coefficient (Wildman–Crippen LogP) is 5.93. The maximum absolute atomic E-state index is 2.52. The van der Waals surface area contributed by atoms with Crippen LogP contribution in [0.3, 0.4) is 0 Å². The lowest BCUT2D eigenvalue weighted by molar-refractivity contribution is 0.669. The van der Waals surface area contributed by atoms with E-state index in [4.69, 9.17) is 0 Å². The molecule has 0 heterocycles. The summed E-state index contributed by atoms with van der Waals surface area (Å²) in [5.74, 6) is 0. The molecule has 1 aromatic carbocycles. The quantitative estimate of drug-likeness (QED) is 0.407. The molecule has 0 atom stereocenters. The van der Waals surface area contributed by atoms with Gasteiger partial charge in [-0.1, -0.05) is 86.4 Å². The Kier molecular flexibility index (Phi) is 7.15. The Labute approximate surface area is 121 Å². The summed E-state index contributed by atoms with van der Waals surface area (Å²) >= 11 is 0. The number of unbranched alkanes of at least 4 members (excludes halogenated alkanes) is 3. The van der Waals surface area contributed by atoms with Gasteiger partial charge in [0.05, 0.1) is 8.07 Å². The lowest BCUT2D eigenvalue weighted by atomic mass is 10.1. The second kappa shape index (κ2) is 8.37. The fourth-order valence-electron chi connectivity index (χ4n) is 2.84. The van der Waals surface area contributed by atoms with Crippen LogP contribution in [0.15, 0.2) is 41.6 Å². The number of hydrogen-bond donors (Lipinski definition) is 0. The molecule has 0 radical (unpaired) electrons. The second-order valence-electron chi connectivity index (χ2n) is 6.17. The molecule has 1 rings (SSSR count). The predicted molar refractivity (Wildman–Crippen MR) is 90.1 cm³/mol. The fourth-order valence-corrected chi connectivity index (χ4v) is 5.95. The summed E-state index contributed by atoms with van der Waals surface area (Å²) in [5, 5.41) is 1.76. The first-order chi connectivity index (χ1) is 9.10. The maximum atomic E-state index is 2.52. The average Bonchev–Trinajstić information content (AvgIpc) is 2.39. The van der Waals surface area contributed by atoms with Gasteiger partial charge < -0.3 is 0 Å². The van der Waals surface area contributed by atoms with Crippen LogP contribution in [-0.4, -0.2) is 8.07 Å². The van der Waals surface area contributed by atoms with Gasteiger partial charge in [-0.15, -0.1) is 0 Å². The smallest absolute Gasteiger partial charge is 0.0793 e. The minimum Gasteiger partial charge on any atom is -0.0923 e. The number of benzene rings is 1. The molecule has 0 saturated carbocycles. The van der Waals surface area contributed by atoms with Crippen molar-refractivity contribution < 1.29 is 0 Å². The van der Waals surface area contributed by atoms with Crippen molar-refractivity contribution in [1.29, 1.82) is 0 Å². The highest BCUT2D eigenvalue weighted by Gasteiger charge is 2.25. The molecule has 1 heteroatoms. The van der Waals surface area contributed by atoms with E-state index in [1.54, 1.807) is 5.20 Å². The van der Waals surface area contributed by atoms with E-state index in [0.717, 1.165) is 0 Å². The topological polar surface area (TPSA) is 0 Å². The third kappa shape index (κ3) is 5.77. The van der Waals surface area contributed by atoms with Gasteiger partial charge in [-0.3, -0.25) is 0 Å². The SMILES string of the molecule is C/C=C(\CCCCCC)[Si](C)(C)Cc1ccccc1. The summed E-state index contributed by atoms with van der Waals surface area (Å²) in [4.78, 5) is 0. The fraction of sp³-hybridized carbons (Fsp3) is 0.556. The molecule has 0 nitrogen and oxygen atoms in total. The standard InChI is InChI=1S/C18H30Si/c1-5-7-8-12-15-18(6-2)19(3,4)16-17-13-10-9-11-14-17/h6,9-11,13-14H,5,7-8,12,15-16H2,1-4H3/b18-6+. The minimum absolute atomic E-state index is 1.27. The highest BCUT2D eigenvalue weighted by atomic mass is 28.3. The molecular weight excluding hydrogens is 244 g/mol. The van der Waals surface area contributed by atoms with Gasteiger partial charge in [-0.05, 0) is 25.8 Å². The molecule has 106 valence electrons. The third-order valence-corrected chi connectivity index (χ3v) is 7.58. The van der Waals surface area contributed by atoms with Gasteiger partial charge >= 0.3 is 0 Å². The van der Waals surface area contributed by atoms with Crippen molar-refractivity contribution in [2.24, 2.45) is 0 Å². The van der Waals surface area contributed by atoms with E-state index in [9.17, 15) is 0 Å². The summed E-state index contributed by atoms with van der Waals surface area (Å²) in [6.07, 6.45) is 9.21. The average molecular weight is 275 g/mol. The first kappa shape index (κ1) is 16.2. The largest absolute Gasteiger partial charge is 0.0923 e. The molecule has 0 saturated heterocycles. The van der Waals surface area contributed by atoms with Crippen molar-refractivity contribution in [1.82, 2.24) is 0 Å². The minimum atomic E-state index is -1.27. The van der Waals surface area contributed by atoms with Crippen LogP contribution in [0, 0.1) is 0 Å². The molecule has 0 unspecified atom stereocenters. The van der Waals surface area contributed by atoms with Gasteiger partial charge in [0, 0.05) is 0 Å². The summed E-state index contributed by atoms with van der Waals surface area (Å²) in [5.41, 5.74) is 1.51. The molecule has 0 spiro atoms. The van der Waals surface area contributed by atoms with Crippen molar-refractivity contribution >= 4 is 8.07 Å².